The van der Waals surface area contributed by atoms with Crippen molar-refractivity contribution in [1.82, 2.24) is 31.1 Å². The van der Waals surface area contributed by atoms with E-state index in [2.05, 4.69) is 21.3 Å². The molecule has 4 N–H and O–H groups in total. The van der Waals surface area contributed by atoms with E-state index in [0.717, 1.165) is 62.5 Å². The summed E-state index contributed by atoms with van der Waals surface area (Å²) in [6, 6.07) is 10.3. The number of Topliss-reactive ketones (excluding diaryl/α,β-unsaturated/α-hetero) is 1. The number of carbonyl (C=O) groups excluding carboxylic acids is 7. The van der Waals surface area contributed by atoms with Crippen LogP contribution in [-0.4, -0.2) is 96.4 Å². The number of carbonyl (C=O) groups is 7. The Hall–Kier alpha value is -5.27. The Morgan fingerprint density at radius 2 is 1.61 bits per heavy atom. The van der Waals surface area contributed by atoms with Gasteiger partial charge in [0.1, 0.15) is 23.9 Å². The topological polar surface area (TPSA) is 183 Å². The number of fused-ring (bicyclic) bond motifs is 2. The highest BCUT2D eigenvalue weighted by Gasteiger charge is 2.42. The summed E-state index contributed by atoms with van der Waals surface area (Å²) in [5, 5.41) is 10.8. The zero-order valence-corrected chi connectivity index (χ0v) is 33.5. The summed E-state index contributed by atoms with van der Waals surface area (Å²) in [7, 11) is 3.13. The van der Waals surface area contributed by atoms with Crippen molar-refractivity contribution < 1.29 is 38.3 Å². The van der Waals surface area contributed by atoms with Gasteiger partial charge in [-0.25, -0.2) is 0 Å². The highest BCUT2D eigenvalue weighted by atomic mass is 16.5. The van der Waals surface area contributed by atoms with E-state index in [1.54, 1.807) is 44.4 Å². The van der Waals surface area contributed by atoms with E-state index in [0.29, 0.717) is 37.2 Å². The fourth-order valence-corrected chi connectivity index (χ4v) is 7.96. The number of ketones is 1. The Kier molecular flexibility index (Phi) is 15.6. The van der Waals surface area contributed by atoms with Gasteiger partial charge in [-0.15, -0.1) is 0 Å². The van der Waals surface area contributed by atoms with Crippen molar-refractivity contribution in [2.24, 2.45) is 5.92 Å². The van der Waals surface area contributed by atoms with Gasteiger partial charge in [-0.05, 0) is 66.8 Å². The maximum atomic E-state index is 14.7. The number of benzene rings is 2. The quantitative estimate of drug-likeness (QED) is 0.237. The van der Waals surface area contributed by atoms with Crippen molar-refractivity contribution >= 4 is 41.2 Å². The van der Waals surface area contributed by atoms with Gasteiger partial charge in [-0.3, -0.25) is 33.6 Å². The number of nitrogens with zero attached hydrogens (tertiary/aromatic N) is 2. The van der Waals surface area contributed by atoms with Gasteiger partial charge in [0.2, 0.25) is 35.3 Å². The molecule has 14 nitrogen and oxygen atoms in total. The SMILES string of the molecule is CCC[C@H](NC(=O)C1Cc2ccc3cc2CN1C(=O)[C@H](C1CCCCC1)NC(=O)CCCCCCO3)C(=O)C(=O)NCC(=O)N[C@H](C(=O)N(C)C)c1ccccc1. The molecule has 0 radical (unpaired) electrons. The molecule has 2 aromatic rings. The molecule has 2 aliphatic heterocycles. The average molecular weight is 787 g/mol. The second kappa shape index (κ2) is 20.8. The molecule has 308 valence electrons. The Balaban J connectivity index is 1.33. The summed E-state index contributed by atoms with van der Waals surface area (Å²) in [5.74, 6) is -3.58. The summed E-state index contributed by atoms with van der Waals surface area (Å²) in [5.41, 5.74) is 2.25. The molecule has 1 fully saturated rings. The standard InChI is InChI=1S/C43H58N6O8/c1-4-15-33(39(52)41(54)44-26-36(51)47-37(42(55)48(2)3)28-16-9-7-10-17-28)45-40(53)34-25-30-21-22-32-24-31(30)27-49(34)43(56)38(29-18-11-8-12-19-29)46-35(50)20-13-5-6-14-23-57-32/h7,9-10,16-17,21-22,24,29,33-34,37-38H,4-6,8,11-15,18-20,23,25-27H2,1-3H3,(H,44,54)(H,45,53)(H,46,50)(H,47,51)/t33-,34?,37-,38-/m0/s1. The third-order valence-corrected chi connectivity index (χ3v) is 11.1. The third kappa shape index (κ3) is 11.6. The number of nitrogens with one attached hydrogen (secondary N) is 4. The van der Waals surface area contributed by atoms with Crippen molar-refractivity contribution in [1.29, 1.82) is 0 Å². The van der Waals surface area contributed by atoms with Crippen LogP contribution >= 0.6 is 0 Å². The van der Waals surface area contributed by atoms with E-state index < -0.39 is 54.2 Å². The Morgan fingerprint density at radius 1 is 0.895 bits per heavy atom. The van der Waals surface area contributed by atoms with Gasteiger partial charge >= 0.3 is 0 Å². The highest BCUT2D eigenvalue weighted by molar-refractivity contribution is 6.38. The van der Waals surface area contributed by atoms with Crippen molar-refractivity contribution in [2.45, 2.75) is 121 Å². The fraction of sp³-hybridized carbons (Fsp3) is 0.558. The van der Waals surface area contributed by atoms with Crippen LogP contribution in [0.4, 0.5) is 0 Å². The number of rotatable bonds is 12. The van der Waals surface area contributed by atoms with Crippen LogP contribution < -0.4 is 26.0 Å². The van der Waals surface area contributed by atoms with Crippen LogP contribution in [0.5, 0.6) is 5.75 Å². The van der Waals surface area contributed by atoms with Crippen LogP contribution in [0.1, 0.15) is 107 Å². The molecular formula is C43H58N6O8. The van der Waals surface area contributed by atoms with Gasteiger partial charge in [0.15, 0.2) is 0 Å². The summed E-state index contributed by atoms with van der Waals surface area (Å²) in [4.78, 5) is 97.8. The van der Waals surface area contributed by atoms with Crippen LogP contribution in [0, 0.1) is 5.92 Å². The maximum absolute atomic E-state index is 14.7. The van der Waals surface area contributed by atoms with Gasteiger partial charge in [-0.2, -0.15) is 0 Å². The lowest BCUT2D eigenvalue weighted by molar-refractivity contribution is -0.147. The van der Waals surface area contributed by atoms with Gasteiger partial charge in [-0.1, -0.05) is 81.8 Å². The largest absolute Gasteiger partial charge is 0.494 e. The van der Waals surface area contributed by atoms with Gasteiger partial charge in [0, 0.05) is 33.5 Å². The molecule has 1 unspecified atom stereocenters. The summed E-state index contributed by atoms with van der Waals surface area (Å²) < 4.78 is 6.04. The van der Waals surface area contributed by atoms with Gasteiger partial charge in [0.05, 0.1) is 19.2 Å². The molecule has 14 heteroatoms. The minimum Gasteiger partial charge on any atom is -0.494 e. The molecule has 0 spiro atoms. The van der Waals surface area contributed by atoms with Crippen LogP contribution in [0.2, 0.25) is 0 Å². The molecule has 2 aromatic carbocycles. The second-order valence-electron chi connectivity index (χ2n) is 15.6. The number of amides is 6. The average Bonchev–Trinajstić information content (AvgIpc) is 3.22. The number of hydrogen-bond acceptors (Lipinski definition) is 8. The molecule has 0 aromatic heterocycles. The van der Waals surface area contributed by atoms with E-state index in [9.17, 15) is 33.6 Å². The molecule has 3 aliphatic rings. The van der Waals surface area contributed by atoms with E-state index in [1.807, 2.05) is 25.1 Å². The first-order chi connectivity index (χ1) is 27.5. The van der Waals surface area contributed by atoms with E-state index in [4.69, 9.17) is 4.74 Å². The molecule has 5 rings (SSSR count). The molecule has 4 atom stereocenters. The lowest BCUT2D eigenvalue weighted by Gasteiger charge is -2.40. The molecule has 0 saturated heterocycles. The van der Waals surface area contributed by atoms with Crippen LogP contribution in [0.3, 0.4) is 0 Å². The normalized spacial score (nSPS) is 20.3. The fourth-order valence-electron chi connectivity index (χ4n) is 7.96. The zero-order valence-electron chi connectivity index (χ0n) is 33.5. The first kappa shape index (κ1) is 42.9. The Bertz CT molecular complexity index is 1760. The number of ether oxygens (including phenoxy) is 1. The summed E-state index contributed by atoms with van der Waals surface area (Å²) in [6.45, 7) is 1.86. The smallest absolute Gasteiger partial charge is 0.290 e. The monoisotopic (exact) mass is 786 g/mol. The number of hydrogen-bond donors (Lipinski definition) is 4. The van der Waals surface area contributed by atoms with Crippen molar-refractivity contribution in [3.8, 4) is 5.75 Å². The highest BCUT2D eigenvalue weighted by Crippen LogP contribution is 2.32. The predicted molar refractivity (Wildman–Crippen MR) is 212 cm³/mol. The van der Waals surface area contributed by atoms with Gasteiger partial charge < -0.3 is 35.8 Å². The zero-order chi connectivity index (χ0) is 40.9. The minimum absolute atomic E-state index is 0.0758. The molecule has 6 amide bonds. The van der Waals surface area contributed by atoms with E-state index in [-0.39, 0.29) is 43.0 Å². The van der Waals surface area contributed by atoms with Crippen molar-refractivity contribution in [3.63, 3.8) is 0 Å². The minimum atomic E-state index is -1.23. The van der Waals surface area contributed by atoms with Crippen LogP contribution in [-0.2, 0) is 46.5 Å². The lowest BCUT2D eigenvalue weighted by atomic mass is 9.82. The molecule has 1 saturated carbocycles. The first-order valence-electron chi connectivity index (χ1n) is 20.5. The van der Waals surface area contributed by atoms with Crippen LogP contribution in [0.25, 0.3) is 0 Å². The third-order valence-electron chi connectivity index (χ3n) is 11.1. The molecule has 57 heavy (non-hydrogen) atoms. The number of likely N-dealkylation sites (N-methyl/N-ethyl adjacent to an activating group) is 1. The van der Waals surface area contributed by atoms with Gasteiger partial charge in [0.25, 0.3) is 5.91 Å². The lowest BCUT2D eigenvalue weighted by Crippen LogP contribution is -2.61. The molecular weight excluding hydrogens is 729 g/mol. The molecule has 2 heterocycles. The maximum Gasteiger partial charge on any atom is 0.290 e. The van der Waals surface area contributed by atoms with E-state index >= 15 is 0 Å². The van der Waals surface area contributed by atoms with Crippen molar-refractivity contribution in [2.75, 3.05) is 27.2 Å². The van der Waals surface area contributed by atoms with Crippen LogP contribution in [0.15, 0.2) is 48.5 Å². The van der Waals surface area contributed by atoms with E-state index in [1.165, 1.54) is 9.80 Å². The summed E-state index contributed by atoms with van der Waals surface area (Å²) in [6.07, 6.45) is 8.92. The second-order valence-corrected chi connectivity index (χ2v) is 15.6. The predicted octanol–water partition coefficient (Wildman–Crippen LogP) is 3.26. The summed E-state index contributed by atoms with van der Waals surface area (Å²) >= 11 is 0. The Morgan fingerprint density at radius 3 is 2.33 bits per heavy atom. The Labute approximate surface area is 335 Å². The first-order valence-corrected chi connectivity index (χ1v) is 20.5. The van der Waals surface area contributed by atoms with Crippen molar-refractivity contribution in [3.05, 3.63) is 65.2 Å². The molecule has 3 bridgehead atoms. The molecule has 1 aliphatic carbocycles.